The van der Waals surface area contributed by atoms with Crippen molar-refractivity contribution < 1.29 is 19.8 Å². The Labute approximate surface area is 256 Å². The van der Waals surface area contributed by atoms with Crippen LogP contribution in [-0.4, -0.2) is 45.2 Å². The molecule has 0 unspecified atom stereocenters. The fourth-order valence-corrected chi connectivity index (χ4v) is 4.81. The SMILES string of the molecule is O=C(O)C(=O)O.c1ccc(CCNCc2cccc3[nH]ccc23)cc1.c1ccc(CCNCc2cccc3[nH]ccc23)cc1. The van der Waals surface area contributed by atoms with Crippen molar-refractivity contribution in [2.45, 2.75) is 25.9 Å². The van der Waals surface area contributed by atoms with Crippen LogP contribution in [0.5, 0.6) is 0 Å². The van der Waals surface area contributed by atoms with Crippen LogP contribution in [0.25, 0.3) is 21.8 Å². The van der Waals surface area contributed by atoms with Crippen LogP contribution in [0.2, 0.25) is 0 Å². The standard InChI is InChI=1S/2C17H18N2.C2H2O4/c2*1-2-5-14(6-3-1)9-11-18-13-15-7-4-8-17-16(15)10-12-19-17;3-1(4)2(5)6/h2*1-8,10,12,18-19H,9,11,13H2;(H,3,4)(H,5,6). The highest BCUT2D eigenvalue weighted by molar-refractivity contribution is 6.27. The summed E-state index contributed by atoms with van der Waals surface area (Å²) in [6.45, 7) is 3.85. The second kappa shape index (κ2) is 17.1. The molecule has 0 bridgehead atoms. The van der Waals surface area contributed by atoms with Crippen LogP contribution in [0, 0.1) is 0 Å². The fraction of sp³-hybridized carbons (Fsp3) is 0.167. The van der Waals surface area contributed by atoms with Crippen LogP contribution < -0.4 is 10.6 Å². The molecule has 6 aromatic rings. The molecule has 0 saturated heterocycles. The smallest absolute Gasteiger partial charge is 0.414 e. The number of benzene rings is 4. The molecule has 226 valence electrons. The summed E-state index contributed by atoms with van der Waals surface area (Å²) in [5.41, 5.74) is 7.90. The summed E-state index contributed by atoms with van der Waals surface area (Å²) < 4.78 is 0. The molecule has 0 aliphatic carbocycles. The fourth-order valence-electron chi connectivity index (χ4n) is 4.81. The Morgan fingerprint density at radius 3 is 1.32 bits per heavy atom. The molecule has 2 aromatic heterocycles. The van der Waals surface area contributed by atoms with Gasteiger partial charge in [-0.25, -0.2) is 9.59 Å². The number of aliphatic carboxylic acids is 2. The minimum Gasteiger partial charge on any atom is -0.473 e. The first-order valence-electron chi connectivity index (χ1n) is 14.6. The second-order valence-electron chi connectivity index (χ2n) is 10.1. The number of hydrogen-bond acceptors (Lipinski definition) is 4. The lowest BCUT2D eigenvalue weighted by atomic mass is 10.1. The summed E-state index contributed by atoms with van der Waals surface area (Å²) >= 11 is 0. The predicted octanol–water partition coefficient (Wildman–Crippen LogP) is 6.16. The molecular weight excluding hydrogens is 552 g/mol. The van der Waals surface area contributed by atoms with E-state index in [0.717, 1.165) is 39.0 Å². The maximum Gasteiger partial charge on any atom is 0.414 e. The van der Waals surface area contributed by atoms with Gasteiger partial charge in [0.2, 0.25) is 0 Å². The number of fused-ring (bicyclic) bond motifs is 2. The molecule has 44 heavy (non-hydrogen) atoms. The predicted molar refractivity (Wildman–Crippen MR) is 176 cm³/mol. The molecular formula is C36H38N4O4. The zero-order valence-electron chi connectivity index (χ0n) is 24.5. The van der Waals surface area contributed by atoms with Crippen molar-refractivity contribution in [1.29, 1.82) is 0 Å². The minimum atomic E-state index is -1.82. The van der Waals surface area contributed by atoms with Gasteiger partial charge in [-0.05, 0) is 72.5 Å². The number of aromatic nitrogens is 2. The molecule has 6 N–H and O–H groups in total. The molecule has 8 nitrogen and oxygen atoms in total. The van der Waals surface area contributed by atoms with Gasteiger partial charge in [-0.1, -0.05) is 84.9 Å². The van der Waals surface area contributed by atoms with Crippen LogP contribution in [0.1, 0.15) is 22.3 Å². The van der Waals surface area contributed by atoms with Gasteiger partial charge in [0.15, 0.2) is 0 Å². The summed E-state index contributed by atoms with van der Waals surface area (Å²) in [5, 5.41) is 24.4. The van der Waals surface area contributed by atoms with Gasteiger partial charge < -0.3 is 30.8 Å². The Kier molecular flexibility index (Phi) is 12.3. The molecule has 0 aliphatic heterocycles. The van der Waals surface area contributed by atoms with Gasteiger partial charge in [-0.2, -0.15) is 0 Å². The van der Waals surface area contributed by atoms with Gasteiger partial charge >= 0.3 is 11.9 Å². The largest absolute Gasteiger partial charge is 0.473 e. The van der Waals surface area contributed by atoms with Crippen molar-refractivity contribution in [3.63, 3.8) is 0 Å². The summed E-state index contributed by atoms with van der Waals surface area (Å²) in [6.07, 6.45) is 6.14. The molecule has 6 rings (SSSR count). The number of rotatable bonds is 10. The Bertz CT molecular complexity index is 1600. The van der Waals surface area contributed by atoms with Gasteiger partial charge in [-0.15, -0.1) is 0 Å². The Balaban J connectivity index is 0.000000170. The molecule has 4 aromatic carbocycles. The monoisotopic (exact) mass is 590 g/mol. The van der Waals surface area contributed by atoms with Gasteiger partial charge in [-0.3, -0.25) is 0 Å². The first kappa shape index (κ1) is 31.7. The summed E-state index contributed by atoms with van der Waals surface area (Å²) in [6, 6.07) is 38.3. The van der Waals surface area contributed by atoms with Gasteiger partial charge in [0, 0.05) is 47.3 Å². The van der Waals surface area contributed by atoms with E-state index in [1.807, 2.05) is 12.4 Å². The van der Waals surface area contributed by atoms with Gasteiger partial charge in [0.25, 0.3) is 0 Å². The van der Waals surface area contributed by atoms with Crippen molar-refractivity contribution >= 4 is 33.7 Å². The van der Waals surface area contributed by atoms with Crippen molar-refractivity contribution in [2.75, 3.05) is 13.1 Å². The van der Waals surface area contributed by atoms with E-state index < -0.39 is 11.9 Å². The van der Waals surface area contributed by atoms with Crippen molar-refractivity contribution in [2.24, 2.45) is 0 Å². The maximum absolute atomic E-state index is 9.10. The number of H-pyrrole nitrogens is 2. The van der Waals surface area contributed by atoms with Crippen LogP contribution >= 0.6 is 0 Å². The van der Waals surface area contributed by atoms with Gasteiger partial charge in [0.1, 0.15) is 0 Å². The number of carbonyl (C=O) groups is 2. The summed E-state index contributed by atoms with van der Waals surface area (Å²) in [7, 11) is 0. The third kappa shape index (κ3) is 9.97. The molecule has 0 atom stereocenters. The number of nitrogens with one attached hydrogen (secondary N) is 4. The first-order chi connectivity index (χ1) is 21.5. The van der Waals surface area contributed by atoms with E-state index in [-0.39, 0.29) is 0 Å². The van der Waals surface area contributed by atoms with Crippen LogP contribution in [0.15, 0.2) is 122 Å². The van der Waals surface area contributed by atoms with Gasteiger partial charge in [0.05, 0.1) is 0 Å². The van der Waals surface area contributed by atoms with Crippen LogP contribution in [0.4, 0.5) is 0 Å². The lowest BCUT2D eigenvalue weighted by Crippen LogP contribution is -2.16. The topological polar surface area (TPSA) is 130 Å². The first-order valence-corrected chi connectivity index (χ1v) is 14.6. The molecule has 0 amide bonds. The summed E-state index contributed by atoms with van der Waals surface area (Å²) in [4.78, 5) is 24.7. The van der Waals surface area contributed by atoms with E-state index >= 15 is 0 Å². The van der Waals surface area contributed by atoms with Crippen molar-refractivity contribution in [1.82, 2.24) is 20.6 Å². The van der Waals surface area contributed by atoms with Crippen molar-refractivity contribution in [3.05, 3.63) is 144 Å². The van der Waals surface area contributed by atoms with Crippen LogP contribution in [0.3, 0.4) is 0 Å². The van der Waals surface area contributed by atoms with E-state index in [1.165, 1.54) is 44.1 Å². The van der Waals surface area contributed by atoms with E-state index in [4.69, 9.17) is 19.8 Å². The Morgan fingerprint density at radius 1 is 0.523 bits per heavy atom. The average Bonchev–Trinajstić information content (AvgIpc) is 3.74. The van der Waals surface area contributed by atoms with E-state index in [0.29, 0.717) is 0 Å². The molecule has 0 radical (unpaired) electrons. The Hall–Kier alpha value is -5.18. The third-order valence-corrected chi connectivity index (χ3v) is 7.05. The highest BCUT2D eigenvalue weighted by Crippen LogP contribution is 2.18. The molecule has 0 spiro atoms. The molecule has 2 heterocycles. The maximum atomic E-state index is 9.10. The average molecular weight is 591 g/mol. The lowest BCUT2D eigenvalue weighted by molar-refractivity contribution is -0.159. The highest BCUT2D eigenvalue weighted by atomic mass is 16.4. The third-order valence-electron chi connectivity index (χ3n) is 7.05. The Morgan fingerprint density at radius 2 is 0.932 bits per heavy atom. The van der Waals surface area contributed by atoms with Crippen molar-refractivity contribution in [3.8, 4) is 0 Å². The lowest BCUT2D eigenvalue weighted by Gasteiger charge is -2.06. The van der Waals surface area contributed by atoms with E-state index in [1.54, 1.807) is 0 Å². The normalized spacial score (nSPS) is 10.5. The number of hydrogen-bond donors (Lipinski definition) is 6. The number of carboxylic acid groups (broad SMARTS) is 2. The second-order valence-corrected chi connectivity index (χ2v) is 10.1. The molecule has 8 heteroatoms. The zero-order valence-corrected chi connectivity index (χ0v) is 24.5. The molecule has 0 fully saturated rings. The number of carboxylic acids is 2. The van der Waals surface area contributed by atoms with Crippen LogP contribution in [-0.2, 0) is 35.5 Å². The highest BCUT2D eigenvalue weighted by Gasteiger charge is 2.04. The number of aromatic amines is 2. The molecule has 0 saturated carbocycles. The quantitative estimate of drug-likeness (QED) is 0.0838. The van der Waals surface area contributed by atoms with E-state index in [9.17, 15) is 0 Å². The molecule has 0 aliphatic rings. The van der Waals surface area contributed by atoms with E-state index in [2.05, 4.69) is 130 Å². The minimum absolute atomic E-state index is 0.919. The summed E-state index contributed by atoms with van der Waals surface area (Å²) in [5.74, 6) is -3.65. The zero-order chi connectivity index (χ0) is 31.0.